The molecule has 0 saturated carbocycles. The highest BCUT2D eigenvalue weighted by Crippen LogP contribution is 2.22. The van der Waals surface area contributed by atoms with E-state index in [0.29, 0.717) is 25.1 Å². The number of anilines is 1. The Morgan fingerprint density at radius 1 is 1.00 bits per heavy atom. The van der Waals surface area contributed by atoms with Gasteiger partial charge in [-0.05, 0) is 88.5 Å². The van der Waals surface area contributed by atoms with Gasteiger partial charge in [0.2, 0.25) is 11.8 Å². The third-order valence-corrected chi connectivity index (χ3v) is 7.12. The Balaban J connectivity index is 1.39. The molecule has 0 aromatic heterocycles. The van der Waals surface area contributed by atoms with Crippen LogP contribution in [0.2, 0.25) is 0 Å². The molecule has 1 fully saturated rings. The van der Waals surface area contributed by atoms with Crippen molar-refractivity contribution >= 4 is 40.1 Å². The van der Waals surface area contributed by atoms with Gasteiger partial charge in [-0.3, -0.25) is 9.59 Å². The monoisotopic (exact) mass is 633 g/mol. The van der Waals surface area contributed by atoms with Gasteiger partial charge >= 0.3 is 0 Å². The standard InChI is InChI=1S/C29H30F2IN3O3/c30-22-11-21(12-23(31)16-22)14-26(27(36)18-33-17-20-3-1-4-24(32)13-20)34-28(37)15-19-6-8-25(9-7-19)35-10-2-5-29(35)38/h1,3-4,6-9,11-13,16,26-27,33,36H,2,5,10,14-15,17-18H2,(H,34,37). The first kappa shape index (κ1) is 28.1. The molecule has 0 aliphatic carbocycles. The van der Waals surface area contributed by atoms with E-state index in [-0.39, 0.29) is 31.2 Å². The second kappa shape index (κ2) is 13.3. The van der Waals surface area contributed by atoms with Gasteiger partial charge in [0.1, 0.15) is 11.6 Å². The fourth-order valence-corrected chi connectivity index (χ4v) is 5.19. The van der Waals surface area contributed by atoms with Crippen molar-refractivity contribution in [2.24, 2.45) is 0 Å². The third-order valence-electron chi connectivity index (χ3n) is 6.45. The SMILES string of the molecule is O=C(Cc1ccc(N2CCCC2=O)cc1)NC(Cc1cc(F)cc(F)c1)C(O)CNCc1cccc(I)c1. The van der Waals surface area contributed by atoms with Gasteiger partial charge in [-0.1, -0.05) is 24.3 Å². The molecule has 3 N–H and O–H groups in total. The topological polar surface area (TPSA) is 81.7 Å². The number of hydrogen-bond acceptors (Lipinski definition) is 4. The van der Waals surface area contributed by atoms with Crippen LogP contribution in [0.25, 0.3) is 0 Å². The summed E-state index contributed by atoms with van der Waals surface area (Å²) in [5.74, 6) is -1.66. The fraction of sp³-hybridized carbons (Fsp3) is 0.310. The molecule has 3 aromatic rings. The molecule has 1 aliphatic rings. The van der Waals surface area contributed by atoms with Crippen LogP contribution in [0.5, 0.6) is 0 Å². The third kappa shape index (κ3) is 8.05. The average Bonchev–Trinajstić information content (AvgIpc) is 3.29. The normalized spacial score (nSPS) is 14.9. The lowest BCUT2D eigenvalue weighted by atomic mass is 10.00. The maximum Gasteiger partial charge on any atom is 0.227 e. The summed E-state index contributed by atoms with van der Waals surface area (Å²) >= 11 is 2.23. The highest BCUT2D eigenvalue weighted by atomic mass is 127. The van der Waals surface area contributed by atoms with Gasteiger partial charge in [-0.25, -0.2) is 8.78 Å². The van der Waals surface area contributed by atoms with Crippen LogP contribution in [0.3, 0.4) is 0 Å². The summed E-state index contributed by atoms with van der Waals surface area (Å²) < 4.78 is 28.7. The van der Waals surface area contributed by atoms with E-state index in [1.165, 1.54) is 12.1 Å². The number of amides is 2. The zero-order valence-corrected chi connectivity index (χ0v) is 23.0. The largest absolute Gasteiger partial charge is 0.390 e. The van der Waals surface area contributed by atoms with E-state index in [0.717, 1.165) is 32.9 Å². The van der Waals surface area contributed by atoms with Crippen LogP contribution in [-0.4, -0.2) is 42.2 Å². The van der Waals surface area contributed by atoms with E-state index < -0.39 is 23.8 Å². The van der Waals surface area contributed by atoms with Crippen molar-refractivity contribution in [1.29, 1.82) is 0 Å². The summed E-state index contributed by atoms with van der Waals surface area (Å²) in [6, 6.07) is 17.6. The molecule has 2 amide bonds. The number of aliphatic hydroxyl groups is 1. The quantitative estimate of drug-likeness (QED) is 0.278. The Morgan fingerprint density at radius 3 is 2.39 bits per heavy atom. The van der Waals surface area contributed by atoms with Crippen LogP contribution in [0.4, 0.5) is 14.5 Å². The lowest BCUT2D eigenvalue weighted by Crippen LogP contribution is -2.49. The van der Waals surface area contributed by atoms with Crippen LogP contribution in [0.15, 0.2) is 66.7 Å². The molecule has 6 nitrogen and oxygen atoms in total. The molecule has 3 aromatic carbocycles. The molecule has 200 valence electrons. The predicted octanol–water partition coefficient (Wildman–Crippen LogP) is 4.12. The second-order valence-electron chi connectivity index (χ2n) is 9.48. The van der Waals surface area contributed by atoms with Crippen molar-refractivity contribution in [3.8, 4) is 0 Å². The molecule has 4 rings (SSSR count). The molecule has 38 heavy (non-hydrogen) atoms. The van der Waals surface area contributed by atoms with Gasteiger partial charge in [0.05, 0.1) is 18.6 Å². The van der Waals surface area contributed by atoms with Crippen molar-refractivity contribution in [2.75, 3.05) is 18.0 Å². The summed E-state index contributed by atoms with van der Waals surface area (Å²) in [4.78, 5) is 26.6. The highest BCUT2D eigenvalue weighted by Gasteiger charge is 2.24. The first-order valence-electron chi connectivity index (χ1n) is 12.5. The van der Waals surface area contributed by atoms with Crippen LogP contribution >= 0.6 is 22.6 Å². The zero-order valence-electron chi connectivity index (χ0n) is 20.8. The van der Waals surface area contributed by atoms with E-state index in [1.54, 1.807) is 17.0 Å². The number of rotatable bonds is 11. The summed E-state index contributed by atoms with van der Waals surface area (Å²) in [6.45, 7) is 1.39. The Bertz CT molecular complexity index is 1250. The molecular formula is C29H30F2IN3O3. The van der Waals surface area contributed by atoms with Crippen molar-refractivity contribution in [2.45, 2.75) is 44.4 Å². The molecule has 9 heteroatoms. The predicted molar refractivity (Wildman–Crippen MR) is 151 cm³/mol. The van der Waals surface area contributed by atoms with Crippen LogP contribution < -0.4 is 15.5 Å². The average molecular weight is 633 g/mol. The summed E-state index contributed by atoms with van der Waals surface area (Å²) in [5.41, 5.74) is 2.94. The molecule has 0 spiro atoms. The zero-order chi connectivity index (χ0) is 27.1. The van der Waals surface area contributed by atoms with E-state index in [4.69, 9.17) is 0 Å². The number of nitrogens with zero attached hydrogens (tertiary/aromatic N) is 1. The molecule has 0 radical (unpaired) electrons. The van der Waals surface area contributed by atoms with Gasteiger partial charge in [0, 0.05) is 41.4 Å². The minimum absolute atomic E-state index is 0.0580. The molecule has 2 unspecified atom stereocenters. The molecular weight excluding hydrogens is 603 g/mol. The van der Waals surface area contributed by atoms with Gasteiger partial charge in [-0.15, -0.1) is 0 Å². The van der Waals surface area contributed by atoms with Crippen LogP contribution in [0.1, 0.15) is 29.5 Å². The van der Waals surface area contributed by atoms with Gasteiger partial charge in [0.25, 0.3) is 0 Å². The first-order chi connectivity index (χ1) is 18.3. The van der Waals surface area contributed by atoms with Crippen molar-refractivity contribution in [3.63, 3.8) is 0 Å². The van der Waals surface area contributed by atoms with Gasteiger partial charge in [0.15, 0.2) is 0 Å². The minimum atomic E-state index is -1.00. The number of nitrogens with one attached hydrogen (secondary N) is 2. The Labute approximate surface area is 234 Å². The summed E-state index contributed by atoms with van der Waals surface area (Å²) in [6.07, 6.45) is 0.494. The minimum Gasteiger partial charge on any atom is -0.390 e. The number of carbonyl (C=O) groups excluding carboxylic acids is 2. The van der Waals surface area contributed by atoms with Gasteiger partial charge < -0.3 is 20.6 Å². The van der Waals surface area contributed by atoms with Crippen LogP contribution in [0, 0.1) is 15.2 Å². The van der Waals surface area contributed by atoms with E-state index in [2.05, 4.69) is 33.2 Å². The molecule has 0 bridgehead atoms. The number of aliphatic hydroxyl groups excluding tert-OH is 1. The molecule has 1 aliphatic heterocycles. The highest BCUT2D eigenvalue weighted by molar-refractivity contribution is 14.1. The fourth-order valence-electron chi connectivity index (χ4n) is 4.58. The van der Waals surface area contributed by atoms with E-state index in [1.807, 2.05) is 36.4 Å². The first-order valence-corrected chi connectivity index (χ1v) is 13.6. The molecule has 1 saturated heterocycles. The van der Waals surface area contributed by atoms with Crippen molar-refractivity contribution in [1.82, 2.24) is 10.6 Å². The molecule has 2 atom stereocenters. The number of halogens is 3. The lowest BCUT2D eigenvalue weighted by molar-refractivity contribution is -0.122. The van der Waals surface area contributed by atoms with Gasteiger partial charge in [-0.2, -0.15) is 0 Å². The summed E-state index contributed by atoms with van der Waals surface area (Å²) in [7, 11) is 0. The maximum absolute atomic E-state index is 13.8. The van der Waals surface area contributed by atoms with Crippen molar-refractivity contribution in [3.05, 3.63) is 98.6 Å². The Kier molecular flexibility index (Phi) is 9.81. The smallest absolute Gasteiger partial charge is 0.227 e. The number of carbonyl (C=O) groups is 2. The Morgan fingerprint density at radius 2 is 1.74 bits per heavy atom. The summed E-state index contributed by atoms with van der Waals surface area (Å²) in [5, 5.41) is 17.0. The Hall–Kier alpha value is -2.89. The molecule has 1 heterocycles. The van der Waals surface area contributed by atoms with E-state index in [9.17, 15) is 23.5 Å². The number of hydrogen-bond donors (Lipinski definition) is 3. The number of benzene rings is 3. The van der Waals surface area contributed by atoms with E-state index >= 15 is 0 Å². The van der Waals surface area contributed by atoms with Crippen LogP contribution in [-0.2, 0) is 29.0 Å². The maximum atomic E-state index is 13.8. The van der Waals surface area contributed by atoms with Crippen molar-refractivity contribution < 1.29 is 23.5 Å². The second-order valence-corrected chi connectivity index (χ2v) is 10.7. The lowest BCUT2D eigenvalue weighted by Gasteiger charge is -2.25.